The summed E-state index contributed by atoms with van der Waals surface area (Å²) in [5.74, 6) is 0.716. The molecule has 65 valence electrons. The number of aromatic nitrogens is 2. The Hall–Kier alpha value is -1.17. The number of nitrogens with one attached hydrogen (secondary N) is 1. The number of anilines is 1. The fourth-order valence-electron chi connectivity index (χ4n) is 0.661. The highest BCUT2D eigenvalue weighted by molar-refractivity contribution is 7.92. The number of hydrogen-bond donors (Lipinski definition) is 1. The Bertz CT molecular complexity index is 374. The Morgan fingerprint density at radius 3 is 2.75 bits per heavy atom. The van der Waals surface area contributed by atoms with Gasteiger partial charge in [-0.05, 0) is 6.92 Å². The topological polar surface area (TPSA) is 72.0 Å². The van der Waals surface area contributed by atoms with E-state index in [1.165, 1.54) is 6.07 Å². The molecule has 6 heteroatoms. The van der Waals surface area contributed by atoms with Crippen molar-refractivity contribution in [2.75, 3.05) is 11.0 Å². The van der Waals surface area contributed by atoms with Crippen LogP contribution in [0.25, 0.3) is 0 Å². The van der Waals surface area contributed by atoms with Crippen molar-refractivity contribution in [2.45, 2.75) is 6.92 Å². The van der Waals surface area contributed by atoms with Crippen LogP contribution in [0, 0.1) is 13.1 Å². The highest BCUT2D eigenvalue weighted by Crippen LogP contribution is 2.01. The summed E-state index contributed by atoms with van der Waals surface area (Å²) in [5, 5.41) is 0. The van der Waals surface area contributed by atoms with Gasteiger partial charge in [0.1, 0.15) is 11.6 Å². The van der Waals surface area contributed by atoms with E-state index in [0.29, 0.717) is 5.82 Å². The normalized spacial score (nSPS) is 11.2. The van der Waals surface area contributed by atoms with Crippen molar-refractivity contribution in [3.05, 3.63) is 18.1 Å². The molecule has 1 heterocycles. The van der Waals surface area contributed by atoms with Gasteiger partial charge in [0.15, 0.2) is 0 Å². The van der Waals surface area contributed by atoms with Crippen LogP contribution in [-0.2, 0) is 10.0 Å². The molecule has 5 nitrogen and oxygen atoms in total. The lowest BCUT2D eigenvalue weighted by Gasteiger charge is -2.01. The maximum atomic E-state index is 10.7. The largest absolute Gasteiger partial charge is 0.267 e. The summed E-state index contributed by atoms with van der Waals surface area (Å²) in [5.41, 5.74) is 0. The van der Waals surface area contributed by atoms with Crippen LogP contribution in [0.1, 0.15) is 5.82 Å². The zero-order valence-electron chi connectivity index (χ0n) is 6.70. The number of hydrogen-bond acceptors (Lipinski definition) is 4. The van der Waals surface area contributed by atoms with Crippen molar-refractivity contribution in [1.82, 2.24) is 9.97 Å². The van der Waals surface area contributed by atoms with E-state index < -0.39 is 10.0 Å². The highest BCUT2D eigenvalue weighted by Gasteiger charge is 2.02. The van der Waals surface area contributed by atoms with Crippen LogP contribution in [0.2, 0.25) is 0 Å². The first-order chi connectivity index (χ1) is 5.47. The van der Waals surface area contributed by atoms with Crippen molar-refractivity contribution in [2.24, 2.45) is 0 Å². The fraction of sp³-hybridized carbons (Fsp3) is 0.333. The summed E-state index contributed by atoms with van der Waals surface area (Å²) in [7, 11) is -3.25. The lowest BCUT2D eigenvalue weighted by Crippen LogP contribution is -2.11. The zero-order chi connectivity index (χ0) is 9.19. The smallest absolute Gasteiger partial charge is 0.230 e. The lowest BCUT2D eigenvalue weighted by atomic mass is 10.6. The predicted molar refractivity (Wildman–Crippen MR) is 44.1 cm³/mol. The van der Waals surface area contributed by atoms with Crippen LogP contribution < -0.4 is 4.72 Å². The minimum atomic E-state index is -3.25. The third kappa shape index (κ3) is 2.83. The van der Waals surface area contributed by atoms with Gasteiger partial charge in [0.25, 0.3) is 0 Å². The molecule has 0 unspecified atom stereocenters. The van der Waals surface area contributed by atoms with E-state index >= 15 is 0 Å². The van der Waals surface area contributed by atoms with Gasteiger partial charge in [-0.2, -0.15) is 0 Å². The van der Waals surface area contributed by atoms with Crippen LogP contribution >= 0.6 is 0 Å². The summed E-state index contributed by atoms with van der Waals surface area (Å²) in [6, 6.07) is 1.37. The molecule has 1 radical (unpaired) electrons. The molecular formula is C6H8N3O2S. The molecule has 0 aliphatic heterocycles. The highest BCUT2D eigenvalue weighted by atomic mass is 32.2. The summed E-state index contributed by atoms with van der Waals surface area (Å²) >= 11 is 0. The maximum absolute atomic E-state index is 10.7. The van der Waals surface area contributed by atoms with E-state index in [-0.39, 0.29) is 5.82 Å². The second-order valence-corrected chi connectivity index (χ2v) is 4.05. The molecule has 0 spiro atoms. The van der Waals surface area contributed by atoms with Crippen molar-refractivity contribution in [1.29, 1.82) is 0 Å². The van der Waals surface area contributed by atoms with Crippen LogP contribution in [0.3, 0.4) is 0 Å². The van der Waals surface area contributed by atoms with Crippen LogP contribution in [-0.4, -0.2) is 24.6 Å². The van der Waals surface area contributed by atoms with E-state index in [9.17, 15) is 8.42 Å². The fourth-order valence-corrected chi connectivity index (χ4v) is 1.15. The van der Waals surface area contributed by atoms with Gasteiger partial charge in [0.05, 0.1) is 12.5 Å². The average Bonchev–Trinajstić information content (AvgIpc) is 1.82. The quantitative estimate of drug-likeness (QED) is 0.703. The van der Waals surface area contributed by atoms with Crippen molar-refractivity contribution in [3.8, 4) is 0 Å². The van der Waals surface area contributed by atoms with Gasteiger partial charge in [-0.3, -0.25) is 4.72 Å². The Morgan fingerprint density at radius 1 is 1.58 bits per heavy atom. The summed E-state index contributed by atoms with van der Waals surface area (Å²) in [4.78, 5) is 7.52. The van der Waals surface area contributed by atoms with Gasteiger partial charge in [0, 0.05) is 6.07 Å². The van der Waals surface area contributed by atoms with Gasteiger partial charge in [-0.25, -0.2) is 18.4 Å². The molecule has 1 aromatic heterocycles. The Morgan fingerprint density at radius 2 is 2.25 bits per heavy atom. The van der Waals surface area contributed by atoms with E-state index in [1.807, 2.05) is 0 Å². The maximum Gasteiger partial charge on any atom is 0.230 e. The van der Waals surface area contributed by atoms with Gasteiger partial charge in [-0.15, -0.1) is 0 Å². The van der Waals surface area contributed by atoms with Crippen molar-refractivity contribution < 1.29 is 8.42 Å². The predicted octanol–water partition coefficient (Wildman–Crippen LogP) is -0.0433. The molecule has 0 aliphatic carbocycles. The summed E-state index contributed by atoms with van der Waals surface area (Å²) in [6.45, 7) is 1.66. The van der Waals surface area contributed by atoms with Crippen LogP contribution in [0.4, 0.5) is 5.82 Å². The number of nitrogens with zero attached hydrogens (tertiary/aromatic N) is 2. The number of sulfonamides is 1. The van der Waals surface area contributed by atoms with Crippen LogP contribution in [0.15, 0.2) is 6.07 Å². The molecule has 0 bridgehead atoms. The Balaban J connectivity index is 2.91. The average molecular weight is 186 g/mol. The minimum absolute atomic E-state index is 0.241. The molecule has 0 saturated carbocycles. The molecule has 12 heavy (non-hydrogen) atoms. The molecule has 1 aromatic rings. The van der Waals surface area contributed by atoms with Crippen LogP contribution in [0.5, 0.6) is 0 Å². The molecule has 1 rings (SSSR count). The summed E-state index contributed by atoms with van der Waals surface area (Å²) in [6.07, 6.45) is 3.57. The van der Waals surface area contributed by atoms with Crippen molar-refractivity contribution in [3.63, 3.8) is 0 Å². The molecule has 0 aromatic carbocycles. The lowest BCUT2D eigenvalue weighted by molar-refractivity contribution is 0.606. The molecule has 0 atom stereocenters. The molecule has 0 aliphatic rings. The molecular weight excluding hydrogens is 178 g/mol. The molecule has 1 N–H and O–H groups in total. The van der Waals surface area contributed by atoms with E-state index in [0.717, 1.165) is 6.26 Å². The van der Waals surface area contributed by atoms with Gasteiger partial charge < -0.3 is 0 Å². The number of aryl methyl sites for hydroxylation is 1. The second kappa shape index (κ2) is 3.06. The van der Waals surface area contributed by atoms with E-state index in [4.69, 9.17) is 0 Å². The van der Waals surface area contributed by atoms with Gasteiger partial charge >= 0.3 is 0 Å². The molecule has 0 amide bonds. The Kier molecular flexibility index (Phi) is 2.27. The minimum Gasteiger partial charge on any atom is -0.267 e. The van der Waals surface area contributed by atoms with E-state index in [1.54, 1.807) is 6.92 Å². The zero-order valence-corrected chi connectivity index (χ0v) is 7.51. The first-order valence-corrected chi connectivity index (χ1v) is 5.06. The van der Waals surface area contributed by atoms with E-state index in [2.05, 4.69) is 20.9 Å². The third-order valence-electron chi connectivity index (χ3n) is 1.000. The molecule has 0 saturated heterocycles. The Labute approximate surface area is 70.9 Å². The number of rotatable bonds is 2. The summed E-state index contributed by atoms with van der Waals surface area (Å²) < 4.78 is 23.7. The monoisotopic (exact) mass is 186 g/mol. The second-order valence-electron chi connectivity index (χ2n) is 2.30. The first-order valence-electron chi connectivity index (χ1n) is 3.17. The SMILES string of the molecule is Cc1n[c]cc(NS(C)(=O)=O)n1. The van der Waals surface area contributed by atoms with Gasteiger partial charge in [-0.1, -0.05) is 0 Å². The standard InChI is InChI=1S/C6H8N3O2S/c1-5-7-4-3-6(8-5)9-12(2,10)11/h3H,1-2H3,(H,7,8,9). The van der Waals surface area contributed by atoms with Crippen molar-refractivity contribution >= 4 is 15.8 Å². The van der Waals surface area contributed by atoms with Gasteiger partial charge in [0.2, 0.25) is 10.0 Å². The first kappa shape index (κ1) is 8.92. The molecule has 0 fully saturated rings. The third-order valence-corrected chi connectivity index (χ3v) is 1.58.